The first-order chi connectivity index (χ1) is 11.5. The predicted molar refractivity (Wildman–Crippen MR) is 90.5 cm³/mol. The molecule has 0 aliphatic rings. The fraction of sp³-hybridized carbons (Fsp3) is 0.118. The van der Waals surface area contributed by atoms with Crippen molar-refractivity contribution in [3.8, 4) is 17.1 Å². The topological polar surface area (TPSA) is 81.4 Å². The third-order valence-electron chi connectivity index (χ3n) is 3.57. The molecule has 0 radical (unpaired) electrons. The number of hydrogen-bond acceptors (Lipinski definition) is 5. The van der Waals surface area contributed by atoms with Crippen molar-refractivity contribution in [2.45, 2.75) is 11.8 Å². The Kier molecular flexibility index (Phi) is 4.26. The normalized spacial score (nSPS) is 11.2. The van der Waals surface area contributed by atoms with Gasteiger partial charge < -0.3 is 9.15 Å². The van der Waals surface area contributed by atoms with Gasteiger partial charge in [0.2, 0.25) is 0 Å². The third kappa shape index (κ3) is 3.26. The summed E-state index contributed by atoms with van der Waals surface area (Å²) in [5.41, 5.74) is 2.03. The zero-order valence-electron chi connectivity index (χ0n) is 13.2. The number of aryl methyl sites for hydroxylation is 1. The zero-order chi connectivity index (χ0) is 17.2. The van der Waals surface area contributed by atoms with Crippen LogP contribution in [0.1, 0.15) is 5.56 Å². The number of oxazole rings is 1. The summed E-state index contributed by atoms with van der Waals surface area (Å²) in [5, 5.41) is 0. The molecule has 2 aromatic carbocycles. The molecule has 0 saturated carbocycles. The number of ether oxygens (including phenoxy) is 1. The van der Waals surface area contributed by atoms with Crippen LogP contribution in [0.3, 0.4) is 0 Å². The van der Waals surface area contributed by atoms with E-state index in [-0.39, 0.29) is 4.90 Å². The molecule has 124 valence electrons. The number of rotatable bonds is 5. The number of hydrogen-bond donors (Lipinski definition) is 1. The number of sulfonamides is 1. The van der Waals surface area contributed by atoms with Gasteiger partial charge in [0.25, 0.3) is 10.0 Å². The minimum atomic E-state index is -3.70. The van der Waals surface area contributed by atoms with Crippen LogP contribution in [0.5, 0.6) is 5.75 Å². The van der Waals surface area contributed by atoms with E-state index >= 15 is 0 Å². The van der Waals surface area contributed by atoms with Crippen LogP contribution >= 0.6 is 0 Å². The van der Waals surface area contributed by atoms with E-state index in [1.807, 2.05) is 19.1 Å². The van der Waals surface area contributed by atoms with Crippen LogP contribution in [-0.2, 0) is 10.0 Å². The van der Waals surface area contributed by atoms with Gasteiger partial charge in [0.15, 0.2) is 12.2 Å². The third-order valence-corrected chi connectivity index (χ3v) is 4.95. The first kappa shape index (κ1) is 16.1. The second kappa shape index (κ2) is 6.37. The van der Waals surface area contributed by atoms with Crippen LogP contribution in [-0.4, -0.2) is 20.5 Å². The summed E-state index contributed by atoms with van der Waals surface area (Å²) in [6, 6.07) is 11.6. The van der Waals surface area contributed by atoms with Crippen LogP contribution in [0.2, 0.25) is 0 Å². The lowest BCUT2D eigenvalue weighted by molar-refractivity contribution is 0.414. The minimum absolute atomic E-state index is 0.160. The van der Waals surface area contributed by atoms with E-state index in [1.165, 1.54) is 25.6 Å². The standard InChI is InChI=1S/C17H16N2O4S/c1-12-3-4-13(17-10-18-11-23-17)9-16(12)19-24(20,21)15-7-5-14(22-2)6-8-15/h3-11,19H,1-2H3. The smallest absolute Gasteiger partial charge is 0.261 e. The van der Waals surface area contributed by atoms with Crippen molar-refractivity contribution in [3.63, 3.8) is 0 Å². The Labute approximate surface area is 140 Å². The highest BCUT2D eigenvalue weighted by Gasteiger charge is 2.16. The summed E-state index contributed by atoms with van der Waals surface area (Å²) in [5.74, 6) is 1.16. The Bertz CT molecular complexity index is 933. The zero-order valence-corrected chi connectivity index (χ0v) is 14.0. The monoisotopic (exact) mass is 344 g/mol. The van der Waals surface area contributed by atoms with Crippen LogP contribution in [0, 0.1) is 6.92 Å². The maximum atomic E-state index is 12.6. The summed E-state index contributed by atoms with van der Waals surface area (Å²) in [6.45, 7) is 1.83. The molecule has 0 atom stereocenters. The number of methoxy groups -OCH3 is 1. The number of nitrogens with zero attached hydrogens (tertiary/aromatic N) is 1. The second-order valence-electron chi connectivity index (χ2n) is 5.18. The van der Waals surface area contributed by atoms with Crippen molar-refractivity contribution in [2.24, 2.45) is 0 Å². The predicted octanol–water partition coefficient (Wildman–Crippen LogP) is 3.46. The van der Waals surface area contributed by atoms with Crippen molar-refractivity contribution in [1.82, 2.24) is 4.98 Å². The van der Waals surface area contributed by atoms with Crippen molar-refractivity contribution in [1.29, 1.82) is 0 Å². The molecule has 1 aromatic heterocycles. The molecule has 0 spiro atoms. The Morgan fingerprint density at radius 3 is 2.50 bits per heavy atom. The van der Waals surface area contributed by atoms with Gasteiger partial charge in [0.05, 0.1) is 23.9 Å². The molecule has 0 unspecified atom stereocenters. The van der Waals surface area contributed by atoms with Gasteiger partial charge in [-0.3, -0.25) is 4.72 Å². The number of aromatic nitrogens is 1. The quantitative estimate of drug-likeness (QED) is 0.766. The molecule has 0 saturated heterocycles. The van der Waals surface area contributed by atoms with E-state index < -0.39 is 10.0 Å². The maximum Gasteiger partial charge on any atom is 0.261 e. The fourth-order valence-corrected chi connectivity index (χ4v) is 3.32. The van der Waals surface area contributed by atoms with Crippen LogP contribution in [0.4, 0.5) is 5.69 Å². The van der Waals surface area contributed by atoms with Gasteiger partial charge in [-0.2, -0.15) is 0 Å². The van der Waals surface area contributed by atoms with Gasteiger partial charge in [0, 0.05) is 5.56 Å². The van der Waals surface area contributed by atoms with Gasteiger partial charge in [-0.25, -0.2) is 13.4 Å². The van der Waals surface area contributed by atoms with Crippen LogP contribution in [0.15, 0.2) is 64.4 Å². The average Bonchev–Trinajstić information content (AvgIpc) is 3.11. The molecular weight excluding hydrogens is 328 g/mol. The van der Waals surface area contributed by atoms with Crippen molar-refractivity contribution >= 4 is 15.7 Å². The summed E-state index contributed by atoms with van der Waals surface area (Å²) < 4.78 is 38.0. The van der Waals surface area contributed by atoms with Crippen molar-refractivity contribution in [3.05, 3.63) is 60.6 Å². The van der Waals surface area contributed by atoms with E-state index in [9.17, 15) is 8.42 Å². The van der Waals surface area contributed by atoms with Crippen LogP contribution < -0.4 is 9.46 Å². The summed E-state index contributed by atoms with van der Waals surface area (Å²) >= 11 is 0. The number of nitrogens with one attached hydrogen (secondary N) is 1. The van der Waals surface area contributed by atoms with E-state index in [2.05, 4.69) is 9.71 Å². The highest BCUT2D eigenvalue weighted by Crippen LogP contribution is 2.27. The van der Waals surface area contributed by atoms with E-state index in [4.69, 9.17) is 9.15 Å². The summed E-state index contributed by atoms with van der Waals surface area (Å²) in [7, 11) is -2.17. The Morgan fingerprint density at radius 2 is 1.88 bits per heavy atom. The molecular formula is C17H16N2O4S. The van der Waals surface area contributed by atoms with Gasteiger partial charge in [0.1, 0.15) is 5.75 Å². The molecule has 7 heteroatoms. The Balaban J connectivity index is 1.93. The molecule has 0 aliphatic carbocycles. The minimum Gasteiger partial charge on any atom is -0.497 e. The first-order valence-electron chi connectivity index (χ1n) is 7.16. The molecule has 0 aliphatic heterocycles. The van der Waals surface area contributed by atoms with Gasteiger partial charge in [-0.15, -0.1) is 0 Å². The van der Waals surface area contributed by atoms with Crippen molar-refractivity contribution in [2.75, 3.05) is 11.8 Å². The van der Waals surface area contributed by atoms with Gasteiger partial charge >= 0.3 is 0 Å². The second-order valence-corrected chi connectivity index (χ2v) is 6.86. The summed E-state index contributed by atoms with van der Waals surface area (Å²) in [6.07, 6.45) is 2.91. The molecule has 3 rings (SSSR count). The maximum absolute atomic E-state index is 12.6. The molecule has 24 heavy (non-hydrogen) atoms. The fourth-order valence-electron chi connectivity index (χ4n) is 2.20. The highest BCUT2D eigenvalue weighted by atomic mass is 32.2. The van der Waals surface area contributed by atoms with Gasteiger partial charge in [-0.1, -0.05) is 12.1 Å². The largest absolute Gasteiger partial charge is 0.497 e. The lowest BCUT2D eigenvalue weighted by Gasteiger charge is -2.12. The van der Waals surface area contributed by atoms with E-state index in [0.29, 0.717) is 17.2 Å². The molecule has 0 bridgehead atoms. The van der Waals surface area contributed by atoms with Crippen molar-refractivity contribution < 1.29 is 17.6 Å². The lowest BCUT2D eigenvalue weighted by atomic mass is 10.1. The number of benzene rings is 2. The molecule has 0 amide bonds. The summed E-state index contributed by atoms with van der Waals surface area (Å²) in [4.78, 5) is 4.03. The average molecular weight is 344 g/mol. The highest BCUT2D eigenvalue weighted by molar-refractivity contribution is 7.92. The van der Waals surface area contributed by atoms with Crippen LogP contribution in [0.25, 0.3) is 11.3 Å². The van der Waals surface area contributed by atoms with Gasteiger partial charge in [-0.05, 0) is 42.8 Å². The molecule has 1 heterocycles. The van der Waals surface area contributed by atoms with E-state index in [1.54, 1.807) is 24.4 Å². The number of anilines is 1. The Hall–Kier alpha value is -2.80. The van der Waals surface area contributed by atoms with E-state index in [0.717, 1.165) is 11.1 Å². The Morgan fingerprint density at radius 1 is 1.12 bits per heavy atom. The molecule has 0 fully saturated rings. The lowest BCUT2D eigenvalue weighted by Crippen LogP contribution is -2.13. The first-order valence-corrected chi connectivity index (χ1v) is 8.64. The molecule has 3 aromatic rings. The molecule has 1 N–H and O–H groups in total. The molecule has 6 nitrogen and oxygen atoms in total. The SMILES string of the molecule is COc1ccc(S(=O)(=O)Nc2cc(-c3cnco3)ccc2C)cc1.